The van der Waals surface area contributed by atoms with Gasteiger partial charge in [-0.25, -0.2) is 0 Å². The quantitative estimate of drug-likeness (QED) is 0.419. The first-order valence-corrected chi connectivity index (χ1v) is 11.4. The molecule has 3 atom stereocenters. The molecule has 0 bridgehead atoms. The summed E-state index contributed by atoms with van der Waals surface area (Å²) in [6, 6.07) is 3.96. The van der Waals surface area contributed by atoms with E-state index < -0.39 is 17.8 Å². The minimum Gasteiger partial charge on any atom is -0.497 e. The van der Waals surface area contributed by atoms with E-state index in [2.05, 4.69) is 39.0 Å². The SMILES string of the molecule is COc1cc(C)c2c(c1)C=CC(C)(CC/C=C(\C)[C@@H](O)[C@H](O)/C=C(\C)CCC=C(C)C)O2. The third kappa shape index (κ3) is 7.39. The lowest BCUT2D eigenvalue weighted by molar-refractivity contribution is 0.0721. The van der Waals surface area contributed by atoms with Crippen molar-refractivity contribution >= 4 is 6.08 Å². The second-order valence-electron chi connectivity index (χ2n) is 9.37. The van der Waals surface area contributed by atoms with Crippen LogP contribution in [0, 0.1) is 6.92 Å². The average molecular weight is 441 g/mol. The minimum absolute atomic E-state index is 0.423. The molecule has 32 heavy (non-hydrogen) atoms. The molecule has 0 amide bonds. The predicted molar refractivity (Wildman–Crippen MR) is 133 cm³/mol. The van der Waals surface area contributed by atoms with E-state index in [1.54, 1.807) is 13.2 Å². The molecular weight excluding hydrogens is 400 g/mol. The number of rotatable bonds is 10. The minimum atomic E-state index is -0.903. The third-order valence-electron chi connectivity index (χ3n) is 5.91. The fourth-order valence-electron chi connectivity index (χ4n) is 3.85. The summed E-state index contributed by atoms with van der Waals surface area (Å²) in [6.07, 6.45) is 11.7. The van der Waals surface area contributed by atoms with Crippen molar-refractivity contribution < 1.29 is 19.7 Å². The summed E-state index contributed by atoms with van der Waals surface area (Å²) in [7, 11) is 1.67. The summed E-state index contributed by atoms with van der Waals surface area (Å²) in [5.41, 5.74) is 4.80. The number of aliphatic hydroxyl groups is 2. The van der Waals surface area contributed by atoms with Crippen LogP contribution in [-0.2, 0) is 0 Å². The van der Waals surface area contributed by atoms with E-state index in [-0.39, 0.29) is 0 Å². The molecule has 1 aromatic rings. The molecule has 0 radical (unpaired) electrons. The Morgan fingerprint density at radius 1 is 1.12 bits per heavy atom. The van der Waals surface area contributed by atoms with Crippen LogP contribution < -0.4 is 9.47 Å². The Bertz CT molecular complexity index is 902. The van der Waals surface area contributed by atoms with Gasteiger partial charge < -0.3 is 19.7 Å². The standard InChI is InChI=1S/C28H40O4/c1-19(2)10-8-11-20(3)16-25(29)26(30)21(4)12-9-14-28(6)15-13-23-18-24(31-7)17-22(5)27(23)32-28/h10,12-13,15-18,25-26,29-30H,8-9,11,14H2,1-7H3/b20-16+,21-12+/t25-,26-,28?/m1/s1. The van der Waals surface area contributed by atoms with Crippen molar-refractivity contribution in [2.24, 2.45) is 0 Å². The lowest BCUT2D eigenvalue weighted by Gasteiger charge is -2.32. The maximum Gasteiger partial charge on any atom is 0.131 e. The number of fused-ring (bicyclic) bond motifs is 1. The highest BCUT2D eigenvalue weighted by Gasteiger charge is 2.28. The third-order valence-corrected chi connectivity index (χ3v) is 5.91. The molecule has 1 aliphatic rings. The molecule has 176 valence electrons. The van der Waals surface area contributed by atoms with Crippen LogP contribution in [0.15, 0.2) is 53.2 Å². The van der Waals surface area contributed by atoms with E-state index >= 15 is 0 Å². The first-order valence-electron chi connectivity index (χ1n) is 11.4. The molecule has 0 spiro atoms. The van der Waals surface area contributed by atoms with Crippen LogP contribution in [0.25, 0.3) is 6.08 Å². The van der Waals surface area contributed by atoms with Gasteiger partial charge in [-0.1, -0.05) is 35.5 Å². The predicted octanol–water partition coefficient (Wildman–Crippen LogP) is 6.31. The Kier molecular flexibility index (Phi) is 9.35. The zero-order chi connectivity index (χ0) is 23.9. The first-order chi connectivity index (χ1) is 15.0. The molecule has 4 heteroatoms. The highest BCUT2D eigenvalue weighted by atomic mass is 16.5. The molecule has 0 saturated carbocycles. The van der Waals surface area contributed by atoms with Crippen LogP contribution in [0.3, 0.4) is 0 Å². The van der Waals surface area contributed by atoms with E-state index in [4.69, 9.17) is 9.47 Å². The molecule has 1 aromatic carbocycles. The number of allylic oxidation sites excluding steroid dienone is 4. The van der Waals surface area contributed by atoms with Gasteiger partial charge in [0.25, 0.3) is 0 Å². The number of hydrogen-bond acceptors (Lipinski definition) is 4. The van der Waals surface area contributed by atoms with E-state index in [9.17, 15) is 10.2 Å². The van der Waals surface area contributed by atoms with Gasteiger partial charge >= 0.3 is 0 Å². The summed E-state index contributed by atoms with van der Waals surface area (Å²) in [4.78, 5) is 0. The molecule has 2 rings (SSSR count). The molecule has 0 fully saturated rings. The van der Waals surface area contributed by atoms with Gasteiger partial charge in [0.1, 0.15) is 29.3 Å². The van der Waals surface area contributed by atoms with Crippen LogP contribution in [0.5, 0.6) is 11.5 Å². The number of aryl methyl sites for hydroxylation is 1. The number of ether oxygens (including phenoxy) is 2. The Morgan fingerprint density at radius 2 is 1.84 bits per heavy atom. The van der Waals surface area contributed by atoms with Crippen LogP contribution in [-0.4, -0.2) is 35.1 Å². The van der Waals surface area contributed by atoms with E-state index in [1.807, 2.05) is 39.0 Å². The molecule has 2 N–H and O–H groups in total. The molecular formula is C28H40O4. The Balaban J connectivity index is 1.95. The smallest absolute Gasteiger partial charge is 0.131 e. The fraction of sp³-hybridized carbons (Fsp3) is 0.500. The summed E-state index contributed by atoms with van der Waals surface area (Å²) in [5, 5.41) is 21.0. The first kappa shape index (κ1) is 26.0. The van der Waals surface area contributed by atoms with Crippen molar-refractivity contribution in [3.8, 4) is 11.5 Å². The van der Waals surface area contributed by atoms with Gasteiger partial charge in [0.15, 0.2) is 0 Å². The second kappa shape index (κ2) is 11.5. The summed E-state index contributed by atoms with van der Waals surface area (Å²) in [5.74, 6) is 1.71. The summed E-state index contributed by atoms with van der Waals surface area (Å²) < 4.78 is 11.7. The lowest BCUT2D eigenvalue weighted by atomic mass is 9.93. The largest absolute Gasteiger partial charge is 0.497 e. The molecule has 1 unspecified atom stereocenters. The summed E-state index contributed by atoms with van der Waals surface area (Å²) >= 11 is 0. The number of methoxy groups -OCH3 is 1. The highest BCUT2D eigenvalue weighted by Crippen LogP contribution is 2.38. The number of benzene rings is 1. The Morgan fingerprint density at radius 3 is 2.50 bits per heavy atom. The molecule has 0 saturated heterocycles. The van der Waals surface area contributed by atoms with Gasteiger partial charge in [-0.05, 0) is 96.6 Å². The van der Waals surface area contributed by atoms with Crippen LogP contribution in [0.4, 0.5) is 0 Å². The zero-order valence-electron chi connectivity index (χ0n) is 20.7. The normalized spacial score (nSPS) is 20.3. The Hall–Kier alpha value is -2.30. The van der Waals surface area contributed by atoms with Gasteiger partial charge in [-0.2, -0.15) is 0 Å². The van der Waals surface area contributed by atoms with Gasteiger partial charge in [0.05, 0.1) is 7.11 Å². The van der Waals surface area contributed by atoms with Crippen molar-refractivity contribution in [1.82, 2.24) is 0 Å². The van der Waals surface area contributed by atoms with Gasteiger partial charge in [-0.15, -0.1) is 0 Å². The topological polar surface area (TPSA) is 58.9 Å². The van der Waals surface area contributed by atoms with Crippen molar-refractivity contribution in [3.63, 3.8) is 0 Å². The second-order valence-corrected chi connectivity index (χ2v) is 9.37. The average Bonchev–Trinajstić information content (AvgIpc) is 2.73. The van der Waals surface area contributed by atoms with Crippen LogP contribution >= 0.6 is 0 Å². The fourth-order valence-corrected chi connectivity index (χ4v) is 3.85. The van der Waals surface area contributed by atoms with E-state index in [0.29, 0.717) is 0 Å². The molecule has 4 nitrogen and oxygen atoms in total. The van der Waals surface area contributed by atoms with Gasteiger partial charge in [0, 0.05) is 5.56 Å². The number of hydrogen-bond donors (Lipinski definition) is 2. The van der Waals surface area contributed by atoms with Crippen molar-refractivity contribution in [1.29, 1.82) is 0 Å². The van der Waals surface area contributed by atoms with Crippen molar-refractivity contribution in [3.05, 3.63) is 64.3 Å². The molecule has 1 heterocycles. The van der Waals surface area contributed by atoms with E-state index in [0.717, 1.165) is 59.5 Å². The van der Waals surface area contributed by atoms with Crippen LogP contribution in [0.2, 0.25) is 0 Å². The van der Waals surface area contributed by atoms with Crippen molar-refractivity contribution in [2.45, 2.75) is 85.0 Å². The maximum atomic E-state index is 10.5. The van der Waals surface area contributed by atoms with Gasteiger partial charge in [-0.3, -0.25) is 0 Å². The Labute approximate surface area is 194 Å². The maximum absolute atomic E-state index is 10.5. The summed E-state index contributed by atoms with van der Waals surface area (Å²) in [6.45, 7) is 12.1. The molecule has 0 aliphatic carbocycles. The highest BCUT2D eigenvalue weighted by molar-refractivity contribution is 5.65. The lowest BCUT2D eigenvalue weighted by Crippen LogP contribution is -2.32. The van der Waals surface area contributed by atoms with Gasteiger partial charge in [0.2, 0.25) is 0 Å². The molecule has 0 aromatic heterocycles. The van der Waals surface area contributed by atoms with Crippen molar-refractivity contribution in [2.75, 3.05) is 7.11 Å². The van der Waals surface area contributed by atoms with E-state index in [1.165, 1.54) is 5.57 Å². The number of aliphatic hydroxyl groups excluding tert-OH is 2. The monoisotopic (exact) mass is 440 g/mol. The van der Waals surface area contributed by atoms with Crippen LogP contribution in [0.1, 0.15) is 71.4 Å². The molecule has 1 aliphatic heterocycles. The zero-order valence-corrected chi connectivity index (χ0v) is 20.7.